The zero-order valence-electron chi connectivity index (χ0n) is 15.4. The van der Waals surface area contributed by atoms with Crippen LogP contribution in [-0.4, -0.2) is 32.9 Å². The molecule has 146 valence electrons. The first kappa shape index (κ1) is 20.5. The van der Waals surface area contributed by atoms with Crippen LogP contribution in [0.25, 0.3) is 17.6 Å². The molecule has 0 radical (unpaired) electrons. The lowest BCUT2D eigenvalue weighted by Gasteiger charge is -2.14. The maximum absolute atomic E-state index is 13.2. The Morgan fingerprint density at radius 2 is 1.93 bits per heavy atom. The first-order valence-electron chi connectivity index (χ1n) is 8.33. The van der Waals surface area contributed by atoms with Crippen LogP contribution in [0.3, 0.4) is 0 Å². The van der Waals surface area contributed by atoms with Gasteiger partial charge in [0.25, 0.3) is 0 Å². The molecule has 2 aromatic rings. The SMILES string of the molecule is CC(C)Nc1cc(-c2ncn(/C=C\C(=O)OC(C)C)n2)cc(C(F)(F)F)c1. The van der Waals surface area contributed by atoms with Crippen molar-refractivity contribution in [2.75, 3.05) is 5.32 Å². The number of aromatic nitrogens is 3. The predicted molar refractivity (Wildman–Crippen MR) is 95.8 cm³/mol. The molecule has 0 fully saturated rings. The van der Waals surface area contributed by atoms with E-state index in [2.05, 4.69) is 15.4 Å². The zero-order chi connectivity index (χ0) is 20.2. The number of hydrogen-bond acceptors (Lipinski definition) is 5. The average molecular weight is 382 g/mol. The van der Waals surface area contributed by atoms with E-state index in [0.717, 1.165) is 18.2 Å². The summed E-state index contributed by atoms with van der Waals surface area (Å²) in [5, 5.41) is 7.05. The first-order chi connectivity index (χ1) is 12.5. The zero-order valence-corrected chi connectivity index (χ0v) is 15.4. The third-order valence-electron chi connectivity index (χ3n) is 3.20. The fraction of sp³-hybridized carbons (Fsp3) is 0.389. The molecule has 0 aliphatic carbocycles. The maximum atomic E-state index is 13.2. The van der Waals surface area contributed by atoms with Crippen LogP contribution in [0, 0.1) is 0 Å². The number of alkyl halides is 3. The quantitative estimate of drug-likeness (QED) is 0.599. The van der Waals surface area contributed by atoms with Crippen molar-refractivity contribution >= 4 is 17.9 Å². The van der Waals surface area contributed by atoms with E-state index in [4.69, 9.17) is 4.74 Å². The molecule has 9 heteroatoms. The molecule has 0 unspecified atom stereocenters. The van der Waals surface area contributed by atoms with Gasteiger partial charge in [-0.2, -0.15) is 13.2 Å². The summed E-state index contributed by atoms with van der Waals surface area (Å²) < 4.78 is 45.7. The molecule has 0 atom stereocenters. The normalized spacial score (nSPS) is 12.2. The molecule has 0 saturated heterocycles. The second-order valence-electron chi connectivity index (χ2n) is 6.45. The van der Waals surface area contributed by atoms with Gasteiger partial charge in [0.1, 0.15) is 6.33 Å². The topological polar surface area (TPSA) is 69.0 Å². The molecule has 1 aromatic heterocycles. The summed E-state index contributed by atoms with van der Waals surface area (Å²) >= 11 is 0. The third-order valence-corrected chi connectivity index (χ3v) is 3.20. The predicted octanol–water partition coefficient (Wildman–Crippen LogP) is 4.21. The van der Waals surface area contributed by atoms with E-state index < -0.39 is 17.7 Å². The van der Waals surface area contributed by atoms with Crippen LogP contribution in [0.1, 0.15) is 33.3 Å². The fourth-order valence-corrected chi connectivity index (χ4v) is 2.22. The minimum absolute atomic E-state index is 0.0400. The molecule has 1 aromatic carbocycles. The van der Waals surface area contributed by atoms with E-state index in [1.807, 2.05) is 13.8 Å². The summed E-state index contributed by atoms with van der Waals surface area (Å²) in [7, 11) is 0. The van der Waals surface area contributed by atoms with Crippen LogP contribution in [0.15, 0.2) is 30.6 Å². The Morgan fingerprint density at radius 1 is 1.22 bits per heavy atom. The number of anilines is 1. The van der Waals surface area contributed by atoms with E-state index in [9.17, 15) is 18.0 Å². The highest BCUT2D eigenvalue weighted by atomic mass is 19.4. The van der Waals surface area contributed by atoms with Crippen molar-refractivity contribution < 1.29 is 22.7 Å². The summed E-state index contributed by atoms with van der Waals surface area (Å²) in [5.41, 5.74) is -0.261. The van der Waals surface area contributed by atoms with Crippen LogP contribution in [-0.2, 0) is 15.7 Å². The third kappa shape index (κ3) is 6.12. The largest absolute Gasteiger partial charge is 0.460 e. The number of esters is 1. The molecule has 1 heterocycles. The van der Waals surface area contributed by atoms with Crippen molar-refractivity contribution in [3.8, 4) is 11.4 Å². The summed E-state index contributed by atoms with van der Waals surface area (Å²) in [5.74, 6) is -0.445. The number of rotatable bonds is 6. The molecule has 0 amide bonds. The lowest BCUT2D eigenvalue weighted by Crippen LogP contribution is -2.12. The molecular weight excluding hydrogens is 361 g/mol. The van der Waals surface area contributed by atoms with Gasteiger partial charge >= 0.3 is 12.1 Å². The molecule has 0 saturated carbocycles. The Labute approximate surface area is 155 Å². The second kappa shape index (κ2) is 8.24. The molecule has 27 heavy (non-hydrogen) atoms. The first-order valence-corrected chi connectivity index (χ1v) is 8.33. The molecule has 0 aliphatic rings. The highest BCUT2D eigenvalue weighted by Crippen LogP contribution is 2.34. The minimum Gasteiger partial charge on any atom is -0.460 e. The molecule has 0 bridgehead atoms. The highest BCUT2D eigenvalue weighted by molar-refractivity contribution is 5.85. The minimum atomic E-state index is -4.49. The molecule has 0 aliphatic heterocycles. The number of ether oxygens (including phenoxy) is 1. The lowest BCUT2D eigenvalue weighted by atomic mass is 10.1. The van der Waals surface area contributed by atoms with Crippen LogP contribution in [0.5, 0.6) is 0 Å². The van der Waals surface area contributed by atoms with E-state index in [1.165, 1.54) is 17.2 Å². The lowest BCUT2D eigenvalue weighted by molar-refractivity contribution is -0.141. The van der Waals surface area contributed by atoms with E-state index >= 15 is 0 Å². The fourth-order valence-electron chi connectivity index (χ4n) is 2.22. The van der Waals surface area contributed by atoms with Crippen molar-refractivity contribution in [3.05, 3.63) is 36.2 Å². The van der Waals surface area contributed by atoms with Crippen LogP contribution >= 0.6 is 0 Å². The van der Waals surface area contributed by atoms with Crippen molar-refractivity contribution in [3.63, 3.8) is 0 Å². The van der Waals surface area contributed by atoms with Gasteiger partial charge in [0.2, 0.25) is 0 Å². The van der Waals surface area contributed by atoms with E-state index in [1.54, 1.807) is 19.9 Å². The number of benzene rings is 1. The molecule has 2 rings (SSSR count). The van der Waals surface area contributed by atoms with Gasteiger partial charge in [-0.15, -0.1) is 5.10 Å². The molecule has 6 nitrogen and oxygen atoms in total. The molecular formula is C18H21F3N4O2. The Bertz CT molecular complexity index is 826. The summed E-state index contributed by atoms with van der Waals surface area (Å²) in [4.78, 5) is 15.5. The monoisotopic (exact) mass is 382 g/mol. The van der Waals surface area contributed by atoms with Gasteiger partial charge in [-0.05, 0) is 45.9 Å². The Hall–Kier alpha value is -2.84. The highest BCUT2D eigenvalue weighted by Gasteiger charge is 2.31. The number of hydrogen-bond donors (Lipinski definition) is 1. The van der Waals surface area contributed by atoms with Gasteiger partial charge in [-0.1, -0.05) is 0 Å². The van der Waals surface area contributed by atoms with Crippen molar-refractivity contribution in [2.45, 2.75) is 46.0 Å². The number of carbonyl (C=O) groups excluding carboxylic acids is 1. The smallest absolute Gasteiger partial charge is 0.416 e. The van der Waals surface area contributed by atoms with E-state index in [-0.39, 0.29) is 23.5 Å². The van der Waals surface area contributed by atoms with Gasteiger partial charge in [0, 0.05) is 29.6 Å². The van der Waals surface area contributed by atoms with Crippen molar-refractivity contribution in [1.29, 1.82) is 0 Å². The van der Waals surface area contributed by atoms with Crippen molar-refractivity contribution in [1.82, 2.24) is 14.8 Å². The Balaban J connectivity index is 2.31. The maximum Gasteiger partial charge on any atom is 0.416 e. The van der Waals surface area contributed by atoms with Gasteiger partial charge in [-0.25, -0.2) is 14.5 Å². The number of halogens is 3. The number of carbonyl (C=O) groups is 1. The Kier molecular flexibility index (Phi) is 6.24. The summed E-state index contributed by atoms with van der Waals surface area (Å²) in [6.07, 6.45) is -0.972. The molecule has 1 N–H and O–H groups in total. The van der Waals surface area contributed by atoms with Crippen LogP contribution < -0.4 is 5.32 Å². The standard InChI is InChI=1S/C18H21F3N4O2/c1-11(2)23-15-8-13(7-14(9-15)18(19,20)21)17-22-10-25(24-17)6-5-16(26)27-12(3)4/h5-12,23H,1-4H3/b6-5-. The van der Waals surface area contributed by atoms with E-state index in [0.29, 0.717) is 5.69 Å². The average Bonchev–Trinajstić information content (AvgIpc) is 2.99. The summed E-state index contributed by atoms with van der Waals surface area (Å²) in [6.45, 7) is 7.09. The second-order valence-corrected chi connectivity index (χ2v) is 6.45. The van der Waals surface area contributed by atoms with Gasteiger partial charge in [0.05, 0.1) is 11.7 Å². The molecule has 0 spiro atoms. The number of nitrogens with one attached hydrogen (secondary N) is 1. The summed E-state index contributed by atoms with van der Waals surface area (Å²) in [6, 6.07) is 3.54. The number of nitrogens with zero attached hydrogens (tertiary/aromatic N) is 3. The van der Waals surface area contributed by atoms with Crippen LogP contribution in [0.2, 0.25) is 0 Å². The van der Waals surface area contributed by atoms with Crippen LogP contribution in [0.4, 0.5) is 18.9 Å². The van der Waals surface area contributed by atoms with Gasteiger partial charge in [0.15, 0.2) is 5.82 Å². The van der Waals surface area contributed by atoms with Crippen molar-refractivity contribution in [2.24, 2.45) is 0 Å². The Morgan fingerprint density at radius 3 is 2.52 bits per heavy atom. The van der Waals surface area contributed by atoms with Gasteiger partial charge in [-0.3, -0.25) is 0 Å². The van der Waals surface area contributed by atoms with Gasteiger partial charge < -0.3 is 10.1 Å².